The highest BCUT2D eigenvalue weighted by atomic mass is 31.2. The number of hydrogen-bond acceptors (Lipinski definition) is 3. The summed E-state index contributed by atoms with van der Waals surface area (Å²) in [5.41, 5.74) is 0. The maximum atomic E-state index is 10.5. The van der Waals surface area contributed by atoms with Gasteiger partial charge in [-0.2, -0.15) is 0 Å². The molecule has 5 nitrogen and oxygen atoms in total. The van der Waals surface area contributed by atoms with E-state index in [0.717, 1.165) is 0 Å². The van der Waals surface area contributed by atoms with Gasteiger partial charge in [0.05, 0.1) is 7.11 Å². The minimum absolute atomic E-state index is 0.0262. The predicted octanol–water partition coefficient (Wildman–Crippen LogP) is 1.17. The number of hydrogen-bond donors (Lipinski definition) is 2. The van der Waals surface area contributed by atoms with Gasteiger partial charge in [0.1, 0.15) is 0 Å². The number of ether oxygens (including phenoxy) is 1. The quantitative estimate of drug-likeness (QED) is 0.722. The summed E-state index contributed by atoms with van der Waals surface area (Å²) in [6, 6.07) is 6.22. The normalized spacial score (nSPS) is 11.0. The van der Waals surface area contributed by atoms with Crippen LogP contribution in [0.5, 0.6) is 11.5 Å². The molecule has 0 atom stereocenters. The van der Waals surface area contributed by atoms with Crippen LogP contribution in [0.3, 0.4) is 0 Å². The molecule has 0 radical (unpaired) electrons. The molecule has 1 rings (SSSR count). The van der Waals surface area contributed by atoms with E-state index in [1.807, 2.05) is 0 Å². The molecule has 0 aromatic heterocycles. The van der Waals surface area contributed by atoms with E-state index in [-0.39, 0.29) is 11.5 Å². The van der Waals surface area contributed by atoms with Crippen LogP contribution >= 0.6 is 7.82 Å². The lowest BCUT2D eigenvalue weighted by Gasteiger charge is -2.09. The third-order valence-corrected chi connectivity index (χ3v) is 1.72. The van der Waals surface area contributed by atoms with Gasteiger partial charge in [0.2, 0.25) is 0 Å². The van der Waals surface area contributed by atoms with Gasteiger partial charge in [-0.3, -0.25) is 9.79 Å². The standard InChI is InChI=1S/C7H9O5P/c1-11-6-4-2-3-5-7(6)12-13(8,9)10/h2-5H,1H3,(H2,8,9,10). The Morgan fingerprint density at radius 2 is 1.77 bits per heavy atom. The molecule has 0 spiro atoms. The van der Waals surface area contributed by atoms with Crippen molar-refractivity contribution in [2.75, 3.05) is 7.11 Å². The van der Waals surface area contributed by atoms with E-state index in [9.17, 15) is 4.57 Å². The summed E-state index contributed by atoms with van der Waals surface area (Å²) >= 11 is 0. The molecule has 72 valence electrons. The van der Waals surface area contributed by atoms with Crippen LogP contribution in [0.1, 0.15) is 0 Å². The summed E-state index contributed by atoms with van der Waals surface area (Å²) in [6.45, 7) is 0. The Labute approximate surface area is 75.2 Å². The maximum absolute atomic E-state index is 10.5. The fourth-order valence-electron chi connectivity index (χ4n) is 0.822. The lowest BCUT2D eigenvalue weighted by molar-refractivity contribution is 0.276. The fraction of sp³-hybridized carbons (Fsp3) is 0.143. The second-order valence-corrected chi connectivity index (χ2v) is 3.40. The van der Waals surface area contributed by atoms with Crippen molar-refractivity contribution in [1.29, 1.82) is 0 Å². The lowest BCUT2D eigenvalue weighted by atomic mass is 10.3. The first-order chi connectivity index (χ1) is 6.03. The maximum Gasteiger partial charge on any atom is 0.524 e. The number of benzene rings is 1. The molecule has 0 bridgehead atoms. The van der Waals surface area contributed by atoms with Gasteiger partial charge in [-0.15, -0.1) is 0 Å². The van der Waals surface area contributed by atoms with Gasteiger partial charge >= 0.3 is 7.82 Å². The zero-order chi connectivity index (χ0) is 9.90. The van der Waals surface area contributed by atoms with Crippen molar-refractivity contribution in [3.63, 3.8) is 0 Å². The molecule has 0 heterocycles. The summed E-state index contributed by atoms with van der Waals surface area (Å²) < 4.78 is 19.7. The molecule has 1 aromatic carbocycles. The average molecular weight is 204 g/mol. The molecule has 13 heavy (non-hydrogen) atoms. The third kappa shape index (κ3) is 3.06. The molecule has 1 aromatic rings. The fourth-order valence-corrected chi connectivity index (χ4v) is 1.23. The topological polar surface area (TPSA) is 76.0 Å². The minimum atomic E-state index is -4.51. The second-order valence-electron chi connectivity index (χ2n) is 2.23. The van der Waals surface area contributed by atoms with Crippen LogP contribution < -0.4 is 9.26 Å². The molecule has 0 saturated carbocycles. The van der Waals surface area contributed by atoms with Gasteiger partial charge in [0.15, 0.2) is 11.5 Å². The molecule has 0 aliphatic carbocycles. The van der Waals surface area contributed by atoms with Crippen molar-refractivity contribution in [1.82, 2.24) is 0 Å². The summed E-state index contributed by atoms with van der Waals surface area (Å²) in [4.78, 5) is 17.0. The molecular formula is C7H9O5P. The van der Waals surface area contributed by atoms with E-state index in [4.69, 9.17) is 14.5 Å². The van der Waals surface area contributed by atoms with Gasteiger partial charge < -0.3 is 9.26 Å². The molecule has 0 aliphatic heterocycles. The number of phosphoric acid groups is 1. The molecule has 0 aliphatic rings. The van der Waals surface area contributed by atoms with Crippen LogP contribution in [0, 0.1) is 0 Å². The zero-order valence-corrected chi connectivity index (χ0v) is 7.77. The Kier molecular flexibility index (Phi) is 2.93. The molecule has 2 N–H and O–H groups in total. The second kappa shape index (κ2) is 3.79. The largest absolute Gasteiger partial charge is 0.524 e. The lowest BCUT2D eigenvalue weighted by Crippen LogP contribution is -1.93. The van der Waals surface area contributed by atoms with Gasteiger partial charge in [0.25, 0.3) is 0 Å². The molecule has 0 unspecified atom stereocenters. The van der Waals surface area contributed by atoms with Gasteiger partial charge in [0, 0.05) is 0 Å². The Hall–Kier alpha value is -1.03. The Bertz CT molecular complexity index is 331. The van der Waals surface area contributed by atoms with E-state index < -0.39 is 7.82 Å². The molecule has 0 saturated heterocycles. The number of phosphoric ester groups is 1. The Morgan fingerprint density at radius 1 is 1.23 bits per heavy atom. The van der Waals surface area contributed by atoms with Crippen LogP contribution in [0.4, 0.5) is 0 Å². The van der Waals surface area contributed by atoms with E-state index in [1.54, 1.807) is 18.2 Å². The van der Waals surface area contributed by atoms with E-state index in [1.165, 1.54) is 13.2 Å². The molecule has 6 heteroatoms. The first kappa shape index (κ1) is 10.1. The van der Waals surface area contributed by atoms with Crippen LogP contribution in [0.25, 0.3) is 0 Å². The summed E-state index contributed by atoms with van der Waals surface area (Å²) in [5, 5.41) is 0. The minimum Gasteiger partial charge on any atom is -0.493 e. The SMILES string of the molecule is COc1ccccc1OP(=O)(O)O. The highest BCUT2D eigenvalue weighted by molar-refractivity contribution is 7.46. The van der Waals surface area contributed by atoms with Gasteiger partial charge in [-0.05, 0) is 12.1 Å². The van der Waals surface area contributed by atoms with Crippen molar-refractivity contribution >= 4 is 7.82 Å². The summed E-state index contributed by atoms with van der Waals surface area (Å²) in [7, 11) is -3.12. The van der Waals surface area contributed by atoms with Crippen molar-refractivity contribution in [2.45, 2.75) is 0 Å². The van der Waals surface area contributed by atoms with Crippen molar-refractivity contribution in [2.24, 2.45) is 0 Å². The number of methoxy groups -OCH3 is 1. The first-order valence-corrected chi connectivity index (χ1v) is 4.94. The Morgan fingerprint density at radius 3 is 2.23 bits per heavy atom. The van der Waals surface area contributed by atoms with Crippen LogP contribution in [-0.2, 0) is 4.57 Å². The van der Waals surface area contributed by atoms with E-state index in [0.29, 0.717) is 0 Å². The predicted molar refractivity (Wildman–Crippen MR) is 45.7 cm³/mol. The smallest absolute Gasteiger partial charge is 0.493 e. The van der Waals surface area contributed by atoms with Crippen LogP contribution in [-0.4, -0.2) is 16.9 Å². The zero-order valence-electron chi connectivity index (χ0n) is 6.88. The van der Waals surface area contributed by atoms with Crippen LogP contribution in [0.15, 0.2) is 24.3 Å². The number of para-hydroxylation sites is 2. The first-order valence-electron chi connectivity index (χ1n) is 3.41. The van der Waals surface area contributed by atoms with E-state index in [2.05, 4.69) is 4.52 Å². The van der Waals surface area contributed by atoms with Crippen molar-refractivity contribution in [3.8, 4) is 11.5 Å². The molecule has 0 fully saturated rings. The van der Waals surface area contributed by atoms with Gasteiger partial charge in [-0.25, -0.2) is 4.57 Å². The monoisotopic (exact) mass is 204 g/mol. The molecular weight excluding hydrogens is 195 g/mol. The Balaban J connectivity index is 2.94. The summed E-state index contributed by atoms with van der Waals surface area (Å²) in [5.74, 6) is 0.309. The van der Waals surface area contributed by atoms with Crippen molar-refractivity contribution < 1.29 is 23.6 Å². The highest BCUT2D eigenvalue weighted by Crippen LogP contribution is 2.41. The van der Waals surface area contributed by atoms with Gasteiger partial charge in [-0.1, -0.05) is 12.1 Å². The molecule has 0 amide bonds. The van der Waals surface area contributed by atoms with Crippen molar-refractivity contribution in [3.05, 3.63) is 24.3 Å². The number of rotatable bonds is 3. The van der Waals surface area contributed by atoms with E-state index >= 15 is 0 Å². The van der Waals surface area contributed by atoms with Crippen LogP contribution in [0.2, 0.25) is 0 Å². The average Bonchev–Trinajstić information content (AvgIpc) is 2.02. The highest BCUT2D eigenvalue weighted by Gasteiger charge is 2.18. The summed E-state index contributed by atoms with van der Waals surface area (Å²) in [6.07, 6.45) is 0. The third-order valence-electron chi connectivity index (χ3n) is 1.29.